The predicted octanol–water partition coefficient (Wildman–Crippen LogP) is 3.02. The molecule has 0 aliphatic rings. The van der Waals surface area contributed by atoms with Crippen LogP contribution < -0.4 is 0 Å². The number of aromatic nitrogens is 2. The second-order valence-electron chi connectivity index (χ2n) is 4.35. The van der Waals surface area contributed by atoms with Crippen LogP contribution in [0.5, 0.6) is 0 Å². The highest BCUT2D eigenvalue weighted by Gasteiger charge is 2.18. The number of rotatable bonds is 2. The number of hydrogen-bond donors (Lipinski definition) is 0. The highest BCUT2D eigenvalue weighted by atomic mass is 15.0. The summed E-state index contributed by atoms with van der Waals surface area (Å²) in [6, 6.07) is 4.25. The van der Waals surface area contributed by atoms with Crippen molar-refractivity contribution < 1.29 is 0 Å². The minimum atomic E-state index is 0.248. The summed E-state index contributed by atoms with van der Waals surface area (Å²) in [5, 5.41) is 0. The van der Waals surface area contributed by atoms with Gasteiger partial charge in [-0.3, -0.25) is 0 Å². The molecule has 74 valence electrons. The Morgan fingerprint density at radius 2 is 2.14 bits per heavy atom. The number of nitrogens with zero attached hydrogens (tertiary/aromatic N) is 2. The van der Waals surface area contributed by atoms with Crippen molar-refractivity contribution in [2.45, 2.75) is 32.6 Å². The molecule has 0 radical (unpaired) electrons. The summed E-state index contributed by atoms with van der Waals surface area (Å²) in [6.07, 6.45) is 7.14. The summed E-state index contributed by atoms with van der Waals surface area (Å²) in [4.78, 5) is 4.23. The first-order valence-corrected chi connectivity index (χ1v) is 5.07. The van der Waals surface area contributed by atoms with Gasteiger partial charge in [0.2, 0.25) is 0 Å². The van der Waals surface area contributed by atoms with E-state index in [9.17, 15) is 0 Å². The first-order valence-electron chi connectivity index (χ1n) is 5.07. The topological polar surface area (TPSA) is 17.3 Å². The van der Waals surface area contributed by atoms with Gasteiger partial charge in [-0.2, -0.15) is 0 Å². The molecule has 0 unspecified atom stereocenters. The van der Waals surface area contributed by atoms with Crippen LogP contribution in [0, 0.1) is 0 Å². The van der Waals surface area contributed by atoms with Crippen LogP contribution in [0.2, 0.25) is 0 Å². The van der Waals surface area contributed by atoms with Gasteiger partial charge in [0.05, 0.1) is 0 Å². The maximum Gasteiger partial charge on any atom is 0.136 e. The van der Waals surface area contributed by atoms with Crippen LogP contribution in [0.25, 0.3) is 5.65 Å². The van der Waals surface area contributed by atoms with Crippen molar-refractivity contribution in [1.82, 2.24) is 9.38 Å². The number of fused-ring (bicyclic) bond motifs is 1. The van der Waals surface area contributed by atoms with Gasteiger partial charge in [-0.15, -0.1) is 0 Å². The fourth-order valence-corrected chi connectivity index (χ4v) is 1.52. The Morgan fingerprint density at radius 3 is 2.86 bits per heavy atom. The molecule has 0 saturated heterocycles. The molecule has 2 aromatic heterocycles. The SMILES string of the molecule is CCC(C)(C)c1ccc2nccn2c1. The summed E-state index contributed by atoms with van der Waals surface area (Å²) in [6.45, 7) is 6.76. The molecule has 0 atom stereocenters. The Bertz CT molecular complexity index is 440. The van der Waals surface area contributed by atoms with Gasteiger partial charge in [-0.25, -0.2) is 4.98 Å². The maximum absolute atomic E-state index is 4.23. The Hall–Kier alpha value is -1.31. The fraction of sp³-hybridized carbons (Fsp3) is 0.417. The lowest BCUT2D eigenvalue weighted by Gasteiger charge is -2.23. The smallest absolute Gasteiger partial charge is 0.136 e. The third kappa shape index (κ3) is 1.41. The van der Waals surface area contributed by atoms with E-state index < -0.39 is 0 Å². The van der Waals surface area contributed by atoms with Crippen molar-refractivity contribution in [2.24, 2.45) is 0 Å². The molecule has 0 aliphatic heterocycles. The van der Waals surface area contributed by atoms with Gasteiger partial charge >= 0.3 is 0 Å². The summed E-state index contributed by atoms with van der Waals surface area (Å²) in [5.74, 6) is 0. The van der Waals surface area contributed by atoms with Crippen LogP contribution in [-0.4, -0.2) is 9.38 Å². The lowest BCUT2D eigenvalue weighted by molar-refractivity contribution is 0.504. The van der Waals surface area contributed by atoms with E-state index in [1.165, 1.54) is 5.56 Å². The molecule has 14 heavy (non-hydrogen) atoms. The molecule has 2 aromatic rings. The molecule has 0 spiro atoms. The van der Waals surface area contributed by atoms with Crippen LogP contribution in [0.4, 0.5) is 0 Å². The third-order valence-corrected chi connectivity index (χ3v) is 3.05. The second-order valence-corrected chi connectivity index (χ2v) is 4.35. The Balaban J connectivity index is 2.53. The van der Waals surface area contributed by atoms with Crippen LogP contribution in [0.1, 0.15) is 32.8 Å². The Labute approximate surface area is 84.6 Å². The van der Waals surface area contributed by atoms with Gasteiger partial charge < -0.3 is 4.40 Å². The number of imidazole rings is 1. The van der Waals surface area contributed by atoms with Crippen molar-refractivity contribution in [2.75, 3.05) is 0 Å². The monoisotopic (exact) mass is 188 g/mol. The van der Waals surface area contributed by atoms with Gasteiger partial charge in [0.15, 0.2) is 0 Å². The van der Waals surface area contributed by atoms with Gasteiger partial charge in [-0.1, -0.05) is 26.8 Å². The average molecular weight is 188 g/mol. The zero-order valence-corrected chi connectivity index (χ0v) is 8.99. The van der Waals surface area contributed by atoms with Crippen LogP contribution in [-0.2, 0) is 5.41 Å². The van der Waals surface area contributed by atoms with Gasteiger partial charge in [0.25, 0.3) is 0 Å². The molecule has 2 heterocycles. The molecule has 0 N–H and O–H groups in total. The van der Waals surface area contributed by atoms with Crippen molar-refractivity contribution in [1.29, 1.82) is 0 Å². The maximum atomic E-state index is 4.23. The molecule has 0 fully saturated rings. The lowest BCUT2D eigenvalue weighted by atomic mass is 9.83. The molecular formula is C12H16N2. The molecule has 2 rings (SSSR count). The summed E-state index contributed by atoms with van der Waals surface area (Å²) in [7, 11) is 0. The van der Waals surface area contributed by atoms with E-state index in [-0.39, 0.29) is 5.41 Å². The van der Waals surface area contributed by atoms with E-state index in [4.69, 9.17) is 0 Å². The van der Waals surface area contributed by atoms with E-state index in [2.05, 4.69) is 48.5 Å². The predicted molar refractivity (Wildman–Crippen MR) is 58.5 cm³/mol. The van der Waals surface area contributed by atoms with Crippen molar-refractivity contribution in [3.05, 3.63) is 36.3 Å². The minimum Gasteiger partial charge on any atom is -0.307 e. The van der Waals surface area contributed by atoms with Gasteiger partial charge in [0.1, 0.15) is 5.65 Å². The van der Waals surface area contributed by atoms with Crippen LogP contribution in [0.15, 0.2) is 30.7 Å². The van der Waals surface area contributed by atoms with E-state index in [1.807, 2.05) is 12.4 Å². The minimum absolute atomic E-state index is 0.248. The first-order chi connectivity index (χ1) is 6.63. The zero-order valence-electron chi connectivity index (χ0n) is 8.99. The van der Waals surface area contributed by atoms with Crippen molar-refractivity contribution in [3.63, 3.8) is 0 Å². The molecule has 0 amide bonds. The summed E-state index contributed by atoms with van der Waals surface area (Å²) >= 11 is 0. The number of pyridine rings is 1. The molecule has 2 nitrogen and oxygen atoms in total. The quantitative estimate of drug-likeness (QED) is 0.708. The first kappa shape index (κ1) is 9.25. The molecule has 2 heteroatoms. The molecule has 0 saturated carbocycles. The summed E-state index contributed by atoms with van der Waals surface area (Å²) in [5.41, 5.74) is 2.63. The van der Waals surface area contributed by atoms with E-state index >= 15 is 0 Å². The molecular weight excluding hydrogens is 172 g/mol. The average Bonchev–Trinajstić information content (AvgIpc) is 2.64. The normalized spacial score (nSPS) is 12.2. The van der Waals surface area contributed by atoms with Crippen LogP contribution >= 0.6 is 0 Å². The summed E-state index contributed by atoms with van der Waals surface area (Å²) < 4.78 is 2.08. The third-order valence-electron chi connectivity index (χ3n) is 3.05. The largest absolute Gasteiger partial charge is 0.307 e. The molecule has 0 bridgehead atoms. The van der Waals surface area contributed by atoms with E-state index in [1.54, 1.807) is 0 Å². The standard InChI is InChI=1S/C12H16N2/c1-4-12(2,3)10-5-6-11-13-7-8-14(11)9-10/h5-9H,4H2,1-3H3. The van der Waals surface area contributed by atoms with E-state index in [0.29, 0.717) is 0 Å². The lowest BCUT2D eigenvalue weighted by Crippen LogP contribution is -2.15. The van der Waals surface area contributed by atoms with Crippen LogP contribution in [0.3, 0.4) is 0 Å². The van der Waals surface area contributed by atoms with Crippen molar-refractivity contribution >= 4 is 5.65 Å². The zero-order chi connectivity index (χ0) is 10.2. The van der Waals surface area contributed by atoms with Crippen molar-refractivity contribution in [3.8, 4) is 0 Å². The molecule has 0 aromatic carbocycles. The van der Waals surface area contributed by atoms with E-state index in [0.717, 1.165) is 12.1 Å². The Morgan fingerprint density at radius 1 is 1.36 bits per heavy atom. The Kier molecular flexibility index (Phi) is 2.06. The highest BCUT2D eigenvalue weighted by molar-refractivity contribution is 5.40. The number of hydrogen-bond acceptors (Lipinski definition) is 1. The second kappa shape index (κ2) is 3.12. The van der Waals surface area contributed by atoms with Gasteiger partial charge in [-0.05, 0) is 23.5 Å². The molecule has 0 aliphatic carbocycles. The van der Waals surface area contributed by atoms with Gasteiger partial charge in [0, 0.05) is 18.6 Å². The highest BCUT2D eigenvalue weighted by Crippen LogP contribution is 2.26. The fourth-order valence-electron chi connectivity index (χ4n) is 1.52.